The standard InChI is InChI=1S/C14H17NS/c1-11-4-2-5-12(10-11)14(15)8-7-13-6-3-9-16-13/h2-6,9-10,14H,7-8,15H2,1H3. The van der Waals surface area contributed by atoms with Crippen LogP contribution >= 0.6 is 11.3 Å². The van der Waals surface area contributed by atoms with Crippen LogP contribution in [-0.4, -0.2) is 0 Å². The number of rotatable bonds is 4. The van der Waals surface area contributed by atoms with E-state index in [1.54, 1.807) is 0 Å². The lowest BCUT2D eigenvalue weighted by atomic mass is 10.0. The Kier molecular flexibility index (Phi) is 3.75. The van der Waals surface area contributed by atoms with Crippen LogP contribution in [0, 0.1) is 6.92 Å². The first kappa shape index (κ1) is 11.4. The van der Waals surface area contributed by atoms with Crippen molar-refractivity contribution in [1.82, 2.24) is 0 Å². The molecule has 1 heterocycles. The van der Waals surface area contributed by atoms with Crippen LogP contribution in [0.3, 0.4) is 0 Å². The minimum atomic E-state index is 0.155. The molecule has 1 aromatic heterocycles. The Morgan fingerprint density at radius 2 is 2.12 bits per heavy atom. The van der Waals surface area contributed by atoms with Crippen molar-refractivity contribution in [2.75, 3.05) is 0 Å². The molecule has 0 bridgehead atoms. The monoisotopic (exact) mass is 231 g/mol. The SMILES string of the molecule is Cc1cccc(C(N)CCc2cccs2)c1. The highest BCUT2D eigenvalue weighted by Crippen LogP contribution is 2.19. The van der Waals surface area contributed by atoms with Gasteiger partial charge >= 0.3 is 0 Å². The first-order valence-corrected chi connectivity index (χ1v) is 6.48. The summed E-state index contributed by atoms with van der Waals surface area (Å²) >= 11 is 1.81. The van der Waals surface area contributed by atoms with E-state index in [4.69, 9.17) is 5.73 Å². The van der Waals surface area contributed by atoms with Crippen LogP contribution in [0.1, 0.15) is 28.5 Å². The average molecular weight is 231 g/mol. The van der Waals surface area contributed by atoms with Gasteiger partial charge in [-0.1, -0.05) is 35.9 Å². The van der Waals surface area contributed by atoms with E-state index in [1.165, 1.54) is 16.0 Å². The highest BCUT2D eigenvalue weighted by molar-refractivity contribution is 7.09. The van der Waals surface area contributed by atoms with Crippen LogP contribution < -0.4 is 5.73 Å². The molecule has 0 saturated heterocycles. The van der Waals surface area contributed by atoms with Crippen molar-refractivity contribution in [3.8, 4) is 0 Å². The summed E-state index contributed by atoms with van der Waals surface area (Å²) in [4.78, 5) is 1.42. The molecule has 0 saturated carbocycles. The van der Waals surface area contributed by atoms with E-state index >= 15 is 0 Å². The molecule has 1 nitrogen and oxygen atoms in total. The Bertz CT molecular complexity index is 434. The van der Waals surface area contributed by atoms with Crippen LogP contribution in [-0.2, 0) is 6.42 Å². The van der Waals surface area contributed by atoms with Gasteiger partial charge in [0.15, 0.2) is 0 Å². The van der Waals surface area contributed by atoms with Gasteiger partial charge in [-0.2, -0.15) is 0 Å². The minimum absolute atomic E-state index is 0.155. The Morgan fingerprint density at radius 3 is 2.81 bits per heavy atom. The number of aryl methyl sites for hydroxylation is 2. The summed E-state index contributed by atoms with van der Waals surface area (Å²) < 4.78 is 0. The van der Waals surface area contributed by atoms with Gasteiger partial charge < -0.3 is 5.73 Å². The molecule has 2 heteroatoms. The molecule has 1 aromatic carbocycles. The zero-order chi connectivity index (χ0) is 11.4. The molecule has 1 atom stereocenters. The lowest BCUT2D eigenvalue weighted by molar-refractivity contribution is 0.655. The molecule has 0 amide bonds. The molecule has 0 spiro atoms. The minimum Gasteiger partial charge on any atom is -0.324 e. The van der Waals surface area contributed by atoms with Gasteiger partial charge in [0.25, 0.3) is 0 Å². The molecule has 2 N–H and O–H groups in total. The highest BCUT2D eigenvalue weighted by Gasteiger charge is 2.06. The van der Waals surface area contributed by atoms with E-state index < -0.39 is 0 Å². The van der Waals surface area contributed by atoms with Crippen LogP contribution in [0.2, 0.25) is 0 Å². The van der Waals surface area contributed by atoms with Gasteiger partial charge in [-0.05, 0) is 36.8 Å². The average Bonchev–Trinajstić information content (AvgIpc) is 2.78. The summed E-state index contributed by atoms with van der Waals surface area (Å²) in [6, 6.07) is 12.9. The van der Waals surface area contributed by atoms with Crippen molar-refractivity contribution in [3.05, 3.63) is 57.8 Å². The van der Waals surface area contributed by atoms with Gasteiger partial charge in [0.05, 0.1) is 0 Å². The van der Waals surface area contributed by atoms with Gasteiger partial charge in [0.1, 0.15) is 0 Å². The lowest BCUT2D eigenvalue weighted by Crippen LogP contribution is -2.11. The zero-order valence-electron chi connectivity index (χ0n) is 9.52. The molecule has 0 aliphatic heterocycles. The lowest BCUT2D eigenvalue weighted by Gasteiger charge is -2.11. The largest absolute Gasteiger partial charge is 0.324 e. The summed E-state index contributed by atoms with van der Waals surface area (Å²) in [6.45, 7) is 2.11. The van der Waals surface area contributed by atoms with Crippen molar-refractivity contribution < 1.29 is 0 Å². The summed E-state index contributed by atoms with van der Waals surface area (Å²) in [5.41, 5.74) is 8.71. The van der Waals surface area contributed by atoms with Crippen LogP contribution in [0.4, 0.5) is 0 Å². The number of benzene rings is 1. The molecular weight excluding hydrogens is 214 g/mol. The van der Waals surface area contributed by atoms with Crippen LogP contribution in [0.5, 0.6) is 0 Å². The fraction of sp³-hybridized carbons (Fsp3) is 0.286. The summed E-state index contributed by atoms with van der Waals surface area (Å²) in [6.07, 6.45) is 2.09. The Labute approximate surface area is 101 Å². The second-order valence-electron chi connectivity index (χ2n) is 4.14. The van der Waals surface area contributed by atoms with Crippen molar-refractivity contribution in [2.45, 2.75) is 25.8 Å². The van der Waals surface area contributed by atoms with E-state index in [0.29, 0.717) is 0 Å². The van der Waals surface area contributed by atoms with E-state index in [1.807, 2.05) is 11.3 Å². The fourth-order valence-electron chi connectivity index (χ4n) is 1.82. The summed E-state index contributed by atoms with van der Waals surface area (Å²) in [5, 5.41) is 2.12. The third-order valence-corrected chi connectivity index (χ3v) is 3.69. The van der Waals surface area contributed by atoms with E-state index in [2.05, 4.69) is 48.7 Å². The summed E-state index contributed by atoms with van der Waals surface area (Å²) in [7, 11) is 0. The topological polar surface area (TPSA) is 26.0 Å². The van der Waals surface area contributed by atoms with Crippen molar-refractivity contribution in [2.24, 2.45) is 5.73 Å². The Morgan fingerprint density at radius 1 is 1.25 bits per heavy atom. The predicted octanol–water partition coefficient (Wildman–Crippen LogP) is 3.69. The zero-order valence-corrected chi connectivity index (χ0v) is 10.3. The molecule has 84 valence electrons. The molecule has 2 aromatic rings. The smallest absolute Gasteiger partial charge is 0.0298 e. The maximum absolute atomic E-state index is 6.19. The van der Waals surface area contributed by atoms with Gasteiger partial charge in [0.2, 0.25) is 0 Å². The van der Waals surface area contributed by atoms with E-state index in [0.717, 1.165) is 12.8 Å². The maximum atomic E-state index is 6.19. The van der Waals surface area contributed by atoms with Gasteiger partial charge in [0, 0.05) is 10.9 Å². The molecule has 1 unspecified atom stereocenters. The molecule has 0 aliphatic carbocycles. The molecule has 0 radical (unpaired) electrons. The third-order valence-electron chi connectivity index (χ3n) is 2.75. The normalized spacial score (nSPS) is 12.6. The van der Waals surface area contributed by atoms with Crippen LogP contribution in [0.25, 0.3) is 0 Å². The number of nitrogens with two attached hydrogens (primary N) is 1. The van der Waals surface area contributed by atoms with Gasteiger partial charge in [-0.15, -0.1) is 11.3 Å². The van der Waals surface area contributed by atoms with E-state index in [-0.39, 0.29) is 6.04 Å². The summed E-state index contributed by atoms with van der Waals surface area (Å²) in [5.74, 6) is 0. The second kappa shape index (κ2) is 5.28. The second-order valence-corrected chi connectivity index (χ2v) is 5.17. The first-order chi connectivity index (χ1) is 7.75. The molecule has 16 heavy (non-hydrogen) atoms. The number of hydrogen-bond donors (Lipinski definition) is 1. The van der Waals surface area contributed by atoms with Crippen molar-refractivity contribution in [3.63, 3.8) is 0 Å². The number of thiophene rings is 1. The van der Waals surface area contributed by atoms with Gasteiger partial charge in [-0.3, -0.25) is 0 Å². The fourth-order valence-corrected chi connectivity index (χ4v) is 2.54. The predicted molar refractivity (Wildman–Crippen MR) is 70.7 cm³/mol. The third kappa shape index (κ3) is 2.94. The van der Waals surface area contributed by atoms with Crippen molar-refractivity contribution in [1.29, 1.82) is 0 Å². The van der Waals surface area contributed by atoms with Crippen LogP contribution in [0.15, 0.2) is 41.8 Å². The molecule has 0 fully saturated rings. The maximum Gasteiger partial charge on any atom is 0.0298 e. The first-order valence-electron chi connectivity index (χ1n) is 5.60. The molecule has 2 rings (SSSR count). The highest BCUT2D eigenvalue weighted by atomic mass is 32.1. The van der Waals surface area contributed by atoms with Gasteiger partial charge in [-0.25, -0.2) is 0 Å². The quantitative estimate of drug-likeness (QED) is 0.853. The van der Waals surface area contributed by atoms with Crippen molar-refractivity contribution >= 4 is 11.3 Å². The van der Waals surface area contributed by atoms with E-state index in [9.17, 15) is 0 Å². The molecule has 0 aliphatic rings. The number of hydrogen-bond acceptors (Lipinski definition) is 2. The Hall–Kier alpha value is -1.12. The Balaban J connectivity index is 1.95. The molecular formula is C14H17NS.